The predicted molar refractivity (Wildman–Crippen MR) is 39.5 cm³/mol. The van der Waals surface area contributed by atoms with Crippen LogP contribution in [0.5, 0.6) is 0 Å². The van der Waals surface area contributed by atoms with Crippen molar-refractivity contribution in [1.82, 2.24) is 0 Å². The van der Waals surface area contributed by atoms with Crippen LogP contribution in [0.25, 0.3) is 0 Å². The molecule has 0 saturated carbocycles. The predicted octanol–water partition coefficient (Wildman–Crippen LogP) is 2.23. The van der Waals surface area contributed by atoms with Crippen molar-refractivity contribution in [3.63, 3.8) is 0 Å². The van der Waals surface area contributed by atoms with Gasteiger partial charge in [-0.05, 0) is 0 Å². The third-order valence-corrected chi connectivity index (χ3v) is 9.78. The Morgan fingerprint density at radius 3 is 2.22 bits per heavy atom. The van der Waals surface area contributed by atoms with Crippen LogP contribution in [0.15, 0.2) is 24.3 Å². The molecular formula is C7H11SiZr. The first-order valence-electron chi connectivity index (χ1n) is 3.21. The van der Waals surface area contributed by atoms with Crippen molar-refractivity contribution in [3.05, 3.63) is 24.3 Å². The van der Waals surface area contributed by atoms with Gasteiger partial charge >= 0.3 is 68.3 Å². The standard InChI is InChI=1S/C5H5.C2H6Si.Zr/c1-2-4-5-3-1;1-3-2;/h1-5H;1-2H3;. The topological polar surface area (TPSA) is 0 Å². The molecule has 9 heavy (non-hydrogen) atoms. The fourth-order valence-electron chi connectivity index (χ4n) is 0.861. The van der Waals surface area contributed by atoms with E-state index in [-0.39, 0.29) is 27.3 Å². The second kappa shape index (κ2) is 3.68. The van der Waals surface area contributed by atoms with Gasteiger partial charge in [-0.15, -0.1) is 0 Å². The second-order valence-electron chi connectivity index (χ2n) is 2.44. The van der Waals surface area contributed by atoms with Gasteiger partial charge in [-0.3, -0.25) is 0 Å². The molecule has 1 aliphatic rings. The molecule has 0 heterocycles. The summed E-state index contributed by atoms with van der Waals surface area (Å²) in [7, 11) is 0. The Hall–Kier alpha value is 0.580. The molecule has 0 fully saturated rings. The fourth-order valence-corrected chi connectivity index (χ4v) is 8.60. The number of allylic oxidation sites excluding steroid dienone is 4. The quantitative estimate of drug-likeness (QED) is 0.587. The van der Waals surface area contributed by atoms with E-state index in [1.165, 1.54) is 0 Å². The van der Waals surface area contributed by atoms with Crippen LogP contribution in [-0.2, 0) is 21.9 Å². The average Bonchev–Trinajstić information content (AvgIpc) is 2.15. The Balaban J connectivity index is 2.56. The average molecular weight is 214 g/mol. The SMILES string of the molecule is C[Si](C)=[Zr][CH]1C=CC=C1. The Kier molecular flexibility index (Phi) is 3.14. The molecule has 0 amide bonds. The molecule has 0 atom stereocenters. The molecule has 0 unspecified atom stereocenters. The molecule has 0 aromatic rings. The van der Waals surface area contributed by atoms with Gasteiger partial charge in [-0.1, -0.05) is 0 Å². The van der Waals surface area contributed by atoms with Gasteiger partial charge in [-0.2, -0.15) is 0 Å². The molecule has 0 aromatic heterocycles. The van der Waals surface area contributed by atoms with Crippen LogP contribution < -0.4 is 0 Å². The zero-order chi connectivity index (χ0) is 6.69. The van der Waals surface area contributed by atoms with Gasteiger partial charge in [0.1, 0.15) is 0 Å². The van der Waals surface area contributed by atoms with Crippen molar-refractivity contribution in [1.29, 1.82) is 0 Å². The van der Waals surface area contributed by atoms with Crippen molar-refractivity contribution >= 4 is 5.43 Å². The minimum absolute atomic E-state index is 0.00676. The Morgan fingerprint density at radius 2 is 1.78 bits per heavy atom. The molecule has 0 nitrogen and oxygen atoms in total. The summed E-state index contributed by atoms with van der Waals surface area (Å²) < 4.78 is 0.942. The van der Waals surface area contributed by atoms with Gasteiger partial charge in [0.2, 0.25) is 0 Å². The molecule has 0 aliphatic heterocycles. The van der Waals surface area contributed by atoms with Crippen LogP contribution >= 0.6 is 0 Å². The van der Waals surface area contributed by atoms with E-state index in [4.69, 9.17) is 0 Å². The van der Waals surface area contributed by atoms with E-state index in [9.17, 15) is 0 Å². The Bertz CT molecular complexity index is 163. The van der Waals surface area contributed by atoms with E-state index in [1.54, 1.807) is 0 Å². The van der Waals surface area contributed by atoms with E-state index in [0.29, 0.717) is 0 Å². The first-order valence-corrected chi connectivity index (χ1v) is 10.8. The normalized spacial score (nSPS) is 16.2. The van der Waals surface area contributed by atoms with E-state index in [2.05, 4.69) is 37.4 Å². The van der Waals surface area contributed by atoms with Crippen LogP contribution in [0.4, 0.5) is 0 Å². The van der Waals surface area contributed by atoms with Crippen LogP contribution in [-0.4, -0.2) is 5.43 Å². The van der Waals surface area contributed by atoms with Crippen LogP contribution in [0.3, 0.4) is 0 Å². The van der Waals surface area contributed by atoms with E-state index in [0.717, 1.165) is 3.63 Å². The third-order valence-electron chi connectivity index (χ3n) is 1.20. The van der Waals surface area contributed by atoms with Crippen LogP contribution in [0.2, 0.25) is 16.7 Å². The van der Waals surface area contributed by atoms with E-state index in [1.807, 2.05) is 0 Å². The molecular weight excluding hydrogens is 203 g/mol. The molecule has 0 radical (unpaired) electrons. The monoisotopic (exact) mass is 213 g/mol. The number of hydrogen-bond acceptors (Lipinski definition) is 0. The summed E-state index contributed by atoms with van der Waals surface area (Å²) in [4.78, 5) is 0. The fraction of sp³-hybridized carbons (Fsp3) is 0.429. The molecule has 47 valence electrons. The first-order chi connectivity index (χ1) is 4.29. The first kappa shape index (κ1) is 7.68. The molecule has 0 aromatic carbocycles. The molecule has 1 rings (SSSR count). The zero-order valence-corrected chi connectivity index (χ0v) is 9.34. The van der Waals surface area contributed by atoms with Crippen molar-refractivity contribution < 1.29 is 21.9 Å². The second-order valence-corrected chi connectivity index (χ2v) is 15.9. The maximum atomic E-state index is 2.44. The van der Waals surface area contributed by atoms with Gasteiger partial charge in [0, 0.05) is 0 Å². The molecule has 2 heteroatoms. The summed E-state index contributed by atoms with van der Waals surface area (Å²) in [5.74, 6) is 0. The zero-order valence-electron chi connectivity index (χ0n) is 5.89. The summed E-state index contributed by atoms with van der Waals surface area (Å²) in [5, 5.41) is 0. The molecule has 0 bridgehead atoms. The number of hydrogen-bond donors (Lipinski definition) is 0. The van der Waals surface area contributed by atoms with Crippen LogP contribution in [0, 0.1) is 0 Å². The van der Waals surface area contributed by atoms with E-state index < -0.39 is 0 Å². The van der Waals surface area contributed by atoms with E-state index >= 15 is 0 Å². The molecule has 1 aliphatic carbocycles. The molecule has 0 N–H and O–H groups in total. The third kappa shape index (κ3) is 2.77. The maximum absolute atomic E-state index is 2.44. The van der Waals surface area contributed by atoms with Gasteiger partial charge in [0.05, 0.1) is 0 Å². The Morgan fingerprint density at radius 1 is 1.22 bits per heavy atom. The summed E-state index contributed by atoms with van der Waals surface area (Å²) >= 11 is -0.00676. The summed E-state index contributed by atoms with van der Waals surface area (Å²) in [6, 6.07) is 0. The number of rotatable bonds is 1. The van der Waals surface area contributed by atoms with Crippen molar-refractivity contribution in [2.24, 2.45) is 0 Å². The minimum atomic E-state index is -0.00676. The van der Waals surface area contributed by atoms with Crippen LogP contribution in [0.1, 0.15) is 0 Å². The summed E-state index contributed by atoms with van der Waals surface area (Å²) in [5.41, 5.74) is 0.150. The Labute approximate surface area is 68.1 Å². The molecule has 0 spiro atoms. The van der Waals surface area contributed by atoms with Gasteiger partial charge in [0.25, 0.3) is 0 Å². The van der Waals surface area contributed by atoms with Crippen molar-refractivity contribution in [2.45, 2.75) is 16.7 Å². The van der Waals surface area contributed by atoms with Crippen molar-refractivity contribution in [2.75, 3.05) is 0 Å². The van der Waals surface area contributed by atoms with Gasteiger partial charge in [0.15, 0.2) is 0 Å². The van der Waals surface area contributed by atoms with Crippen molar-refractivity contribution in [3.8, 4) is 0 Å². The summed E-state index contributed by atoms with van der Waals surface area (Å²) in [6.07, 6.45) is 9.11. The molecule has 0 saturated heterocycles. The van der Waals surface area contributed by atoms with Gasteiger partial charge < -0.3 is 0 Å². The summed E-state index contributed by atoms with van der Waals surface area (Å²) in [6.45, 7) is 4.88. The van der Waals surface area contributed by atoms with Gasteiger partial charge in [-0.25, -0.2) is 0 Å².